The van der Waals surface area contributed by atoms with Crippen molar-refractivity contribution < 1.29 is 32.9 Å². The SMILES string of the molecule is COC(=O)c1nc(N(CCCC#C[Si](C)(C)C)c2cc(C)c(N=c3sc4ccccc4n3COCC[Si](C)(C)C)nn2)sc1CCCOc1ccc(C#CCN(C)C(=O)OC(C)(C)C)cc1F. The zero-order valence-corrected chi connectivity index (χ0v) is 44.6. The second kappa shape index (κ2) is 23.6. The Morgan fingerprint density at radius 1 is 0.970 bits per heavy atom. The number of anilines is 2. The van der Waals surface area contributed by atoms with Crippen molar-refractivity contribution in [2.45, 2.75) is 111 Å². The van der Waals surface area contributed by atoms with Gasteiger partial charge in [-0.05, 0) is 95.0 Å². The summed E-state index contributed by atoms with van der Waals surface area (Å²) in [4.78, 5) is 40.0. The van der Waals surface area contributed by atoms with Crippen molar-refractivity contribution in [2.24, 2.45) is 4.99 Å². The van der Waals surface area contributed by atoms with Gasteiger partial charge in [-0.25, -0.2) is 19.0 Å². The molecule has 0 radical (unpaired) electrons. The molecule has 0 atom stereocenters. The van der Waals surface area contributed by atoms with Gasteiger partial charge in [0.1, 0.15) is 20.4 Å². The van der Waals surface area contributed by atoms with E-state index in [0.717, 1.165) is 33.0 Å². The van der Waals surface area contributed by atoms with E-state index >= 15 is 4.39 Å². The van der Waals surface area contributed by atoms with Gasteiger partial charge in [0, 0.05) is 45.1 Å². The molecule has 358 valence electrons. The van der Waals surface area contributed by atoms with Crippen LogP contribution in [0.5, 0.6) is 5.75 Å². The molecule has 1 amide bonds. The van der Waals surface area contributed by atoms with Gasteiger partial charge in [0.2, 0.25) is 0 Å². The summed E-state index contributed by atoms with van der Waals surface area (Å²) in [6, 6.07) is 15.7. The highest BCUT2D eigenvalue weighted by Gasteiger charge is 2.25. The van der Waals surface area contributed by atoms with Crippen molar-refractivity contribution in [2.75, 3.05) is 45.4 Å². The van der Waals surface area contributed by atoms with Gasteiger partial charge < -0.3 is 28.7 Å². The van der Waals surface area contributed by atoms with Gasteiger partial charge >= 0.3 is 12.1 Å². The van der Waals surface area contributed by atoms with Gasteiger partial charge in [-0.15, -0.1) is 33.0 Å². The minimum absolute atomic E-state index is 0.0788. The Labute approximate surface area is 404 Å². The summed E-state index contributed by atoms with van der Waals surface area (Å²) in [6.45, 7) is 22.9. The number of nitrogens with zero attached hydrogens (tertiary/aromatic N) is 7. The molecule has 3 aromatic heterocycles. The van der Waals surface area contributed by atoms with Crippen molar-refractivity contribution in [3.05, 3.63) is 80.8 Å². The number of carbonyl (C=O) groups excluding carboxylic acids is 2. The molecule has 0 bridgehead atoms. The van der Waals surface area contributed by atoms with Crippen LogP contribution < -0.4 is 14.4 Å². The number of esters is 1. The highest BCUT2D eigenvalue weighted by atomic mass is 32.1. The van der Waals surface area contributed by atoms with Crippen LogP contribution in [0.3, 0.4) is 0 Å². The molecular formula is C49H64FN7O6S2Si2. The predicted molar refractivity (Wildman–Crippen MR) is 273 cm³/mol. The standard InChI is InChI=1S/C49H64FN7O6S2Si2/c1-35-32-42(53-54-44(35)52-47-57(34-61-29-31-67(10,11)12)38-21-14-15-22-40(38)64-47)56(27-16-13-17-30-66(7,8)9)46-51-43(45(58)60-6)41(65-46)23-19-28-62-39-25-24-36(33-37(39)50)20-18-26-55(5)48(59)63-49(2,3)4/h14-15,21-22,24-25,32-33H,13,16,19,23,26-29,31,34H2,1-12H3. The quantitative estimate of drug-likeness (QED) is 0.0362. The first-order valence-electron chi connectivity index (χ1n) is 22.4. The van der Waals surface area contributed by atoms with E-state index in [-0.39, 0.29) is 24.6 Å². The molecule has 0 aliphatic carbocycles. The lowest BCUT2D eigenvalue weighted by Crippen LogP contribution is -2.34. The number of aryl methyl sites for hydroxylation is 2. The number of hydrogen-bond donors (Lipinski definition) is 0. The third kappa shape index (κ3) is 16.4. The summed E-state index contributed by atoms with van der Waals surface area (Å²) >= 11 is 2.95. The number of carbonyl (C=O) groups is 2. The first-order valence-corrected chi connectivity index (χ1v) is 31.2. The molecule has 0 aliphatic heterocycles. The molecule has 0 aliphatic rings. The first kappa shape index (κ1) is 52.6. The van der Waals surface area contributed by atoms with E-state index in [1.807, 2.05) is 30.0 Å². The maximum absolute atomic E-state index is 15.1. The lowest BCUT2D eigenvalue weighted by molar-refractivity contribution is 0.0320. The lowest BCUT2D eigenvalue weighted by atomic mass is 10.2. The Morgan fingerprint density at radius 2 is 1.73 bits per heavy atom. The Balaban J connectivity index is 1.34. The number of fused-ring (bicyclic) bond motifs is 1. The van der Waals surface area contributed by atoms with E-state index in [2.05, 4.69) is 84.4 Å². The maximum atomic E-state index is 15.1. The van der Waals surface area contributed by atoms with Crippen molar-refractivity contribution in [1.82, 2.24) is 24.6 Å². The number of ether oxygens (including phenoxy) is 4. The minimum Gasteiger partial charge on any atom is -0.491 e. The fraction of sp³-hybridized carbons (Fsp3) is 0.469. The first-order chi connectivity index (χ1) is 31.6. The number of thiazole rings is 2. The second-order valence-electron chi connectivity index (χ2n) is 19.3. The van der Waals surface area contributed by atoms with Crippen LogP contribution in [0, 0.1) is 36.0 Å². The minimum atomic E-state index is -1.55. The van der Waals surface area contributed by atoms with Gasteiger partial charge in [-0.1, -0.05) is 74.6 Å². The predicted octanol–water partition coefficient (Wildman–Crippen LogP) is 10.8. The summed E-state index contributed by atoms with van der Waals surface area (Å²) in [5.41, 5.74) is 5.33. The van der Waals surface area contributed by atoms with E-state index in [4.69, 9.17) is 34.0 Å². The number of rotatable bonds is 18. The molecule has 13 nitrogen and oxygen atoms in total. The van der Waals surface area contributed by atoms with Crippen LogP contribution in [0.2, 0.25) is 45.3 Å². The topological polar surface area (TPSA) is 134 Å². The van der Waals surface area contributed by atoms with Crippen molar-refractivity contribution in [3.63, 3.8) is 0 Å². The Morgan fingerprint density at radius 3 is 2.42 bits per heavy atom. The molecular weight excluding hydrogens is 922 g/mol. The fourth-order valence-corrected chi connectivity index (χ4v) is 9.74. The second-order valence-corrected chi connectivity index (χ2v) is 31.7. The smallest absolute Gasteiger partial charge is 0.410 e. The number of aromatic nitrogens is 4. The van der Waals surface area contributed by atoms with Gasteiger partial charge in [0.05, 0.1) is 30.5 Å². The monoisotopic (exact) mass is 985 g/mol. The van der Waals surface area contributed by atoms with Gasteiger partial charge in [0.25, 0.3) is 0 Å². The van der Waals surface area contributed by atoms with Gasteiger partial charge in [-0.2, -0.15) is 4.99 Å². The molecule has 0 saturated heterocycles. The van der Waals surface area contributed by atoms with Gasteiger partial charge in [-0.3, -0.25) is 4.57 Å². The number of amides is 1. The average molecular weight is 986 g/mol. The molecule has 0 saturated carbocycles. The van der Waals surface area contributed by atoms with Crippen LogP contribution in [0.15, 0.2) is 53.5 Å². The molecule has 67 heavy (non-hydrogen) atoms. The number of para-hydroxylation sites is 1. The highest BCUT2D eigenvalue weighted by Crippen LogP contribution is 2.34. The normalized spacial score (nSPS) is 12.0. The van der Waals surface area contributed by atoms with Crippen LogP contribution in [0.1, 0.15) is 66.5 Å². The Hall–Kier alpha value is -5.38. The molecule has 0 N–H and O–H groups in total. The Kier molecular flexibility index (Phi) is 18.5. The van der Waals surface area contributed by atoms with E-state index in [1.165, 1.54) is 35.5 Å². The van der Waals surface area contributed by atoms with Crippen LogP contribution in [-0.4, -0.2) is 98.9 Å². The number of unbranched alkanes of at least 4 members (excludes halogenated alkanes) is 1. The zero-order valence-electron chi connectivity index (χ0n) is 41.0. The third-order valence-electron chi connectivity index (χ3n) is 9.66. The van der Waals surface area contributed by atoms with Crippen molar-refractivity contribution in [3.8, 4) is 29.1 Å². The number of hydrogen-bond acceptors (Lipinski definition) is 13. The van der Waals surface area contributed by atoms with E-state index in [9.17, 15) is 9.59 Å². The highest BCUT2D eigenvalue weighted by molar-refractivity contribution is 7.16. The molecule has 5 rings (SSSR count). The molecule has 2 aromatic carbocycles. The van der Waals surface area contributed by atoms with Crippen LogP contribution in [0.4, 0.5) is 26.0 Å². The molecule has 0 fully saturated rings. The molecule has 18 heteroatoms. The molecule has 0 unspecified atom stereocenters. The van der Waals surface area contributed by atoms with Crippen molar-refractivity contribution >= 4 is 77.9 Å². The number of methoxy groups -OCH3 is 1. The summed E-state index contributed by atoms with van der Waals surface area (Å²) in [7, 11) is 0.111. The summed E-state index contributed by atoms with van der Waals surface area (Å²) < 4.78 is 40.8. The summed E-state index contributed by atoms with van der Waals surface area (Å²) in [5, 5.41) is 9.90. The number of halogens is 1. The van der Waals surface area contributed by atoms with E-state index < -0.39 is 39.6 Å². The fourth-order valence-electron chi connectivity index (χ4n) is 6.18. The maximum Gasteiger partial charge on any atom is 0.410 e. The van der Waals surface area contributed by atoms with E-state index in [1.54, 1.807) is 45.2 Å². The molecule has 3 heterocycles. The third-order valence-corrected chi connectivity index (χ3v) is 14.5. The lowest BCUT2D eigenvalue weighted by Gasteiger charge is -2.23. The Bertz CT molecular complexity index is 2710. The molecule has 5 aromatic rings. The van der Waals surface area contributed by atoms with Crippen LogP contribution in [-0.2, 0) is 27.4 Å². The summed E-state index contributed by atoms with van der Waals surface area (Å²) in [5.74, 6) is 9.14. The van der Waals surface area contributed by atoms with Crippen molar-refractivity contribution in [1.29, 1.82) is 0 Å². The van der Waals surface area contributed by atoms with Gasteiger partial charge in [0.15, 0.2) is 38.8 Å². The molecule has 0 spiro atoms. The average Bonchev–Trinajstić information content (AvgIpc) is 3.83. The zero-order chi connectivity index (χ0) is 48.9. The van der Waals surface area contributed by atoms with E-state index in [0.29, 0.717) is 66.4 Å². The summed E-state index contributed by atoms with van der Waals surface area (Å²) in [6.07, 6.45) is 1.80. The van der Waals surface area contributed by atoms with Crippen LogP contribution >= 0.6 is 22.7 Å². The largest absolute Gasteiger partial charge is 0.491 e. The van der Waals surface area contributed by atoms with Crippen LogP contribution in [0.25, 0.3) is 10.2 Å². The number of benzene rings is 2.